The average Bonchev–Trinajstić information content (AvgIpc) is 2.61. The second-order valence-electron chi connectivity index (χ2n) is 4.54. The van der Waals surface area contributed by atoms with Crippen molar-refractivity contribution in [2.45, 2.75) is 33.1 Å². The Labute approximate surface area is 68.2 Å². The van der Waals surface area contributed by atoms with E-state index < -0.39 is 0 Å². The van der Waals surface area contributed by atoms with Crippen LogP contribution in [0.3, 0.4) is 0 Å². The second-order valence-corrected chi connectivity index (χ2v) is 4.54. The molecule has 0 N–H and O–H groups in total. The first-order valence-electron chi connectivity index (χ1n) is 4.66. The van der Waals surface area contributed by atoms with Crippen molar-refractivity contribution in [3.8, 4) is 0 Å². The third kappa shape index (κ3) is 0.800. The molecule has 0 aliphatic heterocycles. The average molecular weight is 152 g/mol. The van der Waals surface area contributed by atoms with Gasteiger partial charge in [0.1, 0.15) is 6.29 Å². The number of carbonyl (C=O) groups is 1. The van der Waals surface area contributed by atoms with Crippen LogP contribution in [-0.2, 0) is 4.79 Å². The Morgan fingerprint density at radius 3 is 2.55 bits per heavy atom. The van der Waals surface area contributed by atoms with Crippen LogP contribution in [0.1, 0.15) is 33.1 Å². The standard InChI is InChI=1S/C10H16O/c1-7(2)10-4-3-8(6-11)9(10)5-10/h6-9H,3-5H2,1-2H3. The molecule has 0 bridgehead atoms. The zero-order valence-corrected chi connectivity index (χ0v) is 7.34. The molecule has 0 aromatic heterocycles. The molecule has 0 spiro atoms. The summed E-state index contributed by atoms with van der Waals surface area (Å²) >= 11 is 0. The molecule has 3 atom stereocenters. The Morgan fingerprint density at radius 1 is 1.55 bits per heavy atom. The predicted octanol–water partition coefficient (Wildman–Crippen LogP) is 2.26. The van der Waals surface area contributed by atoms with Crippen molar-refractivity contribution in [3.05, 3.63) is 0 Å². The number of carbonyl (C=O) groups excluding carboxylic acids is 1. The van der Waals surface area contributed by atoms with Crippen LogP contribution in [0.5, 0.6) is 0 Å². The Balaban J connectivity index is 2.10. The first-order valence-corrected chi connectivity index (χ1v) is 4.66. The van der Waals surface area contributed by atoms with Crippen LogP contribution >= 0.6 is 0 Å². The van der Waals surface area contributed by atoms with E-state index in [1.807, 2.05) is 0 Å². The van der Waals surface area contributed by atoms with Gasteiger partial charge in [0, 0.05) is 5.92 Å². The highest BCUT2D eigenvalue weighted by Gasteiger charge is 2.62. The minimum atomic E-state index is 0.414. The third-order valence-electron chi connectivity index (χ3n) is 3.96. The largest absolute Gasteiger partial charge is 0.303 e. The summed E-state index contributed by atoms with van der Waals surface area (Å²) in [5, 5.41) is 0. The van der Waals surface area contributed by atoms with E-state index in [1.165, 1.54) is 19.1 Å². The van der Waals surface area contributed by atoms with Gasteiger partial charge >= 0.3 is 0 Å². The molecule has 2 aliphatic carbocycles. The summed E-state index contributed by atoms with van der Waals surface area (Å²) in [7, 11) is 0. The van der Waals surface area contributed by atoms with Gasteiger partial charge in [-0.25, -0.2) is 0 Å². The third-order valence-corrected chi connectivity index (χ3v) is 3.96. The molecule has 1 heteroatoms. The van der Waals surface area contributed by atoms with E-state index in [4.69, 9.17) is 0 Å². The molecule has 2 saturated carbocycles. The van der Waals surface area contributed by atoms with Gasteiger partial charge in [0.05, 0.1) is 0 Å². The first kappa shape index (κ1) is 7.33. The number of fused-ring (bicyclic) bond motifs is 1. The van der Waals surface area contributed by atoms with E-state index in [-0.39, 0.29) is 0 Å². The molecule has 0 amide bonds. The fourth-order valence-corrected chi connectivity index (χ4v) is 2.97. The van der Waals surface area contributed by atoms with E-state index in [1.54, 1.807) is 0 Å². The molecular formula is C10H16O. The molecule has 11 heavy (non-hydrogen) atoms. The van der Waals surface area contributed by atoms with Crippen molar-refractivity contribution in [1.82, 2.24) is 0 Å². The van der Waals surface area contributed by atoms with Crippen molar-refractivity contribution < 1.29 is 4.79 Å². The van der Waals surface area contributed by atoms with Gasteiger partial charge in [0.15, 0.2) is 0 Å². The maximum atomic E-state index is 10.6. The minimum absolute atomic E-state index is 0.414. The van der Waals surface area contributed by atoms with Gasteiger partial charge in [-0.15, -0.1) is 0 Å². The number of rotatable bonds is 2. The molecule has 0 radical (unpaired) electrons. The maximum absolute atomic E-state index is 10.6. The van der Waals surface area contributed by atoms with Crippen LogP contribution in [0.2, 0.25) is 0 Å². The predicted molar refractivity (Wildman–Crippen MR) is 44.2 cm³/mol. The van der Waals surface area contributed by atoms with Crippen molar-refractivity contribution in [2.75, 3.05) is 0 Å². The van der Waals surface area contributed by atoms with E-state index in [0.29, 0.717) is 11.3 Å². The summed E-state index contributed by atoms with van der Waals surface area (Å²) in [5.74, 6) is 1.97. The van der Waals surface area contributed by atoms with Gasteiger partial charge in [-0.2, -0.15) is 0 Å². The summed E-state index contributed by atoms with van der Waals surface area (Å²) in [6.45, 7) is 4.60. The van der Waals surface area contributed by atoms with Crippen LogP contribution in [0, 0.1) is 23.2 Å². The van der Waals surface area contributed by atoms with Crippen molar-refractivity contribution >= 4 is 6.29 Å². The number of hydrogen-bond acceptors (Lipinski definition) is 1. The molecule has 2 aliphatic rings. The van der Waals surface area contributed by atoms with Gasteiger partial charge in [-0.1, -0.05) is 13.8 Å². The van der Waals surface area contributed by atoms with Crippen LogP contribution in [-0.4, -0.2) is 6.29 Å². The second kappa shape index (κ2) is 2.09. The van der Waals surface area contributed by atoms with Crippen LogP contribution in [0.15, 0.2) is 0 Å². The summed E-state index contributed by atoms with van der Waals surface area (Å²) in [6, 6.07) is 0. The highest BCUT2D eigenvalue weighted by Crippen LogP contribution is 2.69. The maximum Gasteiger partial charge on any atom is 0.123 e. The smallest absolute Gasteiger partial charge is 0.123 e. The molecule has 62 valence electrons. The van der Waals surface area contributed by atoms with Crippen molar-refractivity contribution in [1.29, 1.82) is 0 Å². The molecule has 2 rings (SSSR count). The SMILES string of the molecule is CC(C)C12CCC(C=O)C1C2. The molecule has 2 fully saturated rings. The van der Waals surface area contributed by atoms with E-state index in [0.717, 1.165) is 18.3 Å². The lowest BCUT2D eigenvalue weighted by Gasteiger charge is -2.15. The van der Waals surface area contributed by atoms with Crippen LogP contribution in [0.25, 0.3) is 0 Å². The van der Waals surface area contributed by atoms with Gasteiger partial charge in [0.25, 0.3) is 0 Å². The monoisotopic (exact) mass is 152 g/mol. The Bertz CT molecular complexity index is 185. The summed E-state index contributed by atoms with van der Waals surface area (Å²) in [6.07, 6.45) is 4.97. The van der Waals surface area contributed by atoms with Gasteiger partial charge in [-0.3, -0.25) is 0 Å². The Kier molecular flexibility index (Phi) is 1.39. The fraction of sp³-hybridized carbons (Fsp3) is 0.900. The van der Waals surface area contributed by atoms with Gasteiger partial charge in [0.2, 0.25) is 0 Å². The summed E-state index contributed by atoms with van der Waals surface area (Å²) in [4.78, 5) is 10.6. The zero-order chi connectivity index (χ0) is 8.06. The first-order chi connectivity index (χ1) is 5.20. The van der Waals surface area contributed by atoms with Crippen molar-refractivity contribution in [3.63, 3.8) is 0 Å². The Hall–Kier alpha value is -0.330. The van der Waals surface area contributed by atoms with E-state index >= 15 is 0 Å². The quantitative estimate of drug-likeness (QED) is 0.555. The lowest BCUT2D eigenvalue weighted by atomic mass is 9.90. The van der Waals surface area contributed by atoms with E-state index in [2.05, 4.69) is 13.8 Å². The normalized spacial score (nSPS) is 47.5. The van der Waals surface area contributed by atoms with Gasteiger partial charge < -0.3 is 4.79 Å². The van der Waals surface area contributed by atoms with Crippen LogP contribution < -0.4 is 0 Å². The molecule has 0 heterocycles. The summed E-state index contributed by atoms with van der Waals surface area (Å²) in [5.41, 5.74) is 0.603. The number of hydrogen-bond donors (Lipinski definition) is 0. The number of aldehydes is 1. The summed E-state index contributed by atoms with van der Waals surface area (Å²) < 4.78 is 0. The van der Waals surface area contributed by atoms with Crippen LogP contribution in [0.4, 0.5) is 0 Å². The molecule has 1 nitrogen and oxygen atoms in total. The molecule has 0 saturated heterocycles. The molecule has 0 aromatic carbocycles. The topological polar surface area (TPSA) is 17.1 Å². The van der Waals surface area contributed by atoms with Crippen molar-refractivity contribution in [2.24, 2.45) is 23.2 Å². The Morgan fingerprint density at radius 2 is 2.27 bits per heavy atom. The molecular weight excluding hydrogens is 136 g/mol. The lowest BCUT2D eigenvalue weighted by molar-refractivity contribution is -0.111. The molecule has 0 aromatic rings. The highest BCUT2D eigenvalue weighted by molar-refractivity contribution is 5.56. The molecule has 3 unspecified atom stereocenters. The lowest BCUT2D eigenvalue weighted by Crippen LogP contribution is -2.08. The zero-order valence-electron chi connectivity index (χ0n) is 7.34. The highest BCUT2D eigenvalue weighted by atomic mass is 16.1. The van der Waals surface area contributed by atoms with Gasteiger partial charge in [-0.05, 0) is 36.5 Å². The fourth-order valence-electron chi connectivity index (χ4n) is 2.97. The van der Waals surface area contributed by atoms with E-state index in [9.17, 15) is 4.79 Å². The minimum Gasteiger partial charge on any atom is -0.303 e.